The first kappa shape index (κ1) is 9.26. The lowest BCUT2D eigenvalue weighted by Crippen LogP contribution is -2.41. The Bertz CT molecular complexity index is 182. The van der Waals surface area contributed by atoms with E-state index in [4.69, 9.17) is 0 Å². The summed E-state index contributed by atoms with van der Waals surface area (Å²) in [5.41, 5.74) is -0.192. The predicted molar refractivity (Wildman–Crippen MR) is 52.1 cm³/mol. The minimum atomic E-state index is -0.192. The van der Waals surface area contributed by atoms with E-state index in [9.17, 15) is 0 Å². The number of rotatable bonds is 3. The molecular weight excluding hydrogens is 150 g/mol. The molecule has 12 heavy (non-hydrogen) atoms. The molecule has 1 heterocycles. The van der Waals surface area contributed by atoms with E-state index in [1.165, 1.54) is 0 Å². The molecule has 0 amide bonds. The topological polar surface area (TPSA) is 27.6 Å². The van der Waals surface area contributed by atoms with Crippen LogP contribution in [0.1, 0.15) is 20.3 Å². The number of nitrogens with one attached hydrogen (secondary N) is 1. The van der Waals surface area contributed by atoms with Gasteiger partial charge in [0, 0.05) is 13.2 Å². The first-order valence-electron chi connectivity index (χ1n) is 4.38. The van der Waals surface area contributed by atoms with Gasteiger partial charge in [-0.05, 0) is 26.0 Å². The molecule has 3 nitrogen and oxygen atoms in total. The van der Waals surface area contributed by atoms with E-state index in [0.717, 1.165) is 13.0 Å². The van der Waals surface area contributed by atoms with Crippen LogP contribution in [-0.4, -0.2) is 30.5 Å². The molecule has 3 heteroatoms. The van der Waals surface area contributed by atoms with Crippen LogP contribution in [0.2, 0.25) is 0 Å². The van der Waals surface area contributed by atoms with Gasteiger partial charge in [-0.25, -0.2) is 4.99 Å². The van der Waals surface area contributed by atoms with Crippen LogP contribution in [0.3, 0.4) is 0 Å². The maximum absolute atomic E-state index is 4.38. The van der Waals surface area contributed by atoms with Crippen LogP contribution in [0.25, 0.3) is 0 Å². The summed E-state index contributed by atoms with van der Waals surface area (Å²) in [6, 6.07) is 0. The van der Waals surface area contributed by atoms with Gasteiger partial charge in [0.25, 0.3) is 0 Å². The summed E-state index contributed by atoms with van der Waals surface area (Å²) < 4.78 is 0. The Balaban J connectivity index is 2.50. The average molecular weight is 167 g/mol. The second-order valence-electron chi connectivity index (χ2n) is 3.30. The van der Waals surface area contributed by atoms with E-state index in [2.05, 4.69) is 30.2 Å². The SMILES string of the molecule is CCCNC1(C)C=CN(C)C=N1. The fraction of sp³-hybridized carbons (Fsp3) is 0.667. The first-order chi connectivity index (χ1) is 5.66. The van der Waals surface area contributed by atoms with Gasteiger partial charge in [0.2, 0.25) is 0 Å². The van der Waals surface area contributed by atoms with Gasteiger partial charge in [0.15, 0.2) is 0 Å². The van der Waals surface area contributed by atoms with E-state index in [1.54, 1.807) is 0 Å². The molecule has 0 saturated carbocycles. The van der Waals surface area contributed by atoms with Crippen LogP contribution < -0.4 is 5.32 Å². The highest BCUT2D eigenvalue weighted by Crippen LogP contribution is 2.11. The summed E-state index contributed by atoms with van der Waals surface area (Å²) in [5.74, 6) is 0. The molecule has 0 spiro atoms. The zero-order chi connectivity index (χ0) is 9.03. The van der Waals surface area contributed by atoms with Gasteiger partial charge in [-0.2, -0.15) is 0 Å². The van der Waals surface area contributed by atoms with Crippen molar-refractivity contribution in [1.82, 2.24) is 10.2 Å². The summed E-state index contributed by atoms with van der Waals surface area (Å²) >= 11 is 0. The number of hydrogen-bond acceptors (Lipinski definition) is 3. The molecule has 0 aromatic rings. The Hall–Kier alpha value is -0.830. The largest absolute Gasteiger partial charge is 0.343 e. The molecule has 0 saturated heterocycles. The molecule has 1 atom stereocenters. The zero-order valence-electron chi connectivity index (χ0n) is 8.04. The molecule has 0 aromatic carbocycles. The van der Waals surface area contributed by atoms with Gasteiger partial charge in [-0.15, -0.1) is 0 Å². The monoisotopic (exact) mass is 167 g/mol. The first-order valence-corrected chi connectivity index (χ1v) is 4.38. The van der Waals surface area contributed by atoms with Crippen molar-refractivity contribution >= 4 is 6.34 Å². The summed E-state index contributed by atoms with van der Waals surface area (Å²) in [5, 5.41) is 3.36. The molecule has 0 radical (unpaired) electrons. The van der Waals surface area contributed by atoms with Crippen molar-refractivity contribution in [2.24, 2.45) is 4.99 Å². The third-order valence-electron chi connectivity index (χ3n) is 1.88. The quantitative estimate of drug-likeness (QED) is 0.683. The van der Waals surface area contributed by atoms with Crippen LogP contribution in [0, 0.1) is 0 Å². The van der Waals surface area contributed by atoms with Crippen molar-refractivity contribution in [2.75, 3.05) is 13.6 Å². The van der Waals surface area contributed by atoms with E-state index in [1.807, 2.05) is 24.5 Å². The highest BCUT2D eigenvalue weighted by atomic mass is 15.2. The molecule has 68 valence electrons. The third kappa shape index (κ3) is 2.34. The third-order valence-corrected chi connectivity index (χ3v) is 1.88. The summed E-state index contributed by atoms with van der Waals surface area (Å²) in [7, 11) is 1.97. The van der Waals surface area contributed by atoms with E-state index >= 15 is 0 Å². The Morgan fingerprint density at radius 1 is 1.58 bits per heavy atom. The van der Waals surface area contributed by atoms with Crippen LogP contribution in [0.15, 0.2) is 17.3 Å². The zero-order valence-corrected chi connectivity index (χ0v) is 8.04. The van der Waals surface area contributed by atoms with Crippen LogP contribution in [0.5, 0.6) is 0 Å². The Morgan fingerprint density at radius 2 is 2.33 bits per heavy atom. The van der Waals surface area contributed by atoms with Gasteiger partial charge in [0.05, 0.1) is 6.34 Å². The molecule has 0 fully saturated rings. The normalized spacial score (nSPS) is 28.1. The lowest BCUT2D eigenvalue weighted by molar-refractivity contribution is 0.436. The summed E-state index contributed by atoms with van der Waals surface area (Å²) in [4.78, 5) is 6.32. The molecule has 0 aromatic heterocycles. The average Bonchev–Trinajstić information content (AvgIpc) is 2.08. The maximum atomic E-state index is 4.38. The van der Waals surface area contributed by atoms with Gasteiger partial charge < -0.3 is 4.90 Å². The number of hydrogen-bond donors (Lipinski definition) is 1. The minimum Gasteiger partial charge on any atom is -0.343 e. The van der Waals surface area contributed by atoms with Crippen LogP contribution >= 0.6 is 0 Å². The van der Waals surface area contributed by atoms with E-state index < -0.39 is 0 Å². The highest BCUT2D eigenvalue weighted by Gasteiger charge is 2.19. The minimum absolute atomic E-state index is 0.192. The van der Waals surface area contributed by atoms with Gasteiger partial charge in [0.1, 0.15) is 5.66 Å². The molecule has 1 N–H and O–H groups in total. The Kier molecular flexibility index (Phi) is 2.87. The van der Waals surface area contributed by atoms with Crippen molar-refractivity contribution in [1.29, 1.82) is 0 Å². The summed E-state index contributed by atoms with van der Waals surface area (Å²) in [6.45, 7) is 5.23. The smallest absolute Gasteiger partial charge is 0.129 e. The molecule has 1 rings (SSSR count). The molecule has 1 aliphatic rings. The van der Waals surface area contributed by atoms with Crippen molar-refractivity contribution in [3.8, 4) is 0 Å². The van der Waals surface area contributed by atoms with Crippen molar-refractivity contribution in [3.05, 3.63) is 12.3 Å². The lowest BCUT2D eigenvalue weighted by Gasteiger charge is -2.27. The second kappa shape index (κ2) is 3.72. The Morgan fingerprint density at radius 3 is 2.83 bits per heavy atom. The standard InChI is InChI=1S/C9H17N3/c1-4-6-10-9(2)5-7-12(3)8-11-9/h5,7-8,10H,4,6H2,1-3H3. The van der Waals surface area contributed by atoms with Crippen molar-refractivity contribution in [3.63, 3.8) is 0 Å². The fourth-order valence-corrected chi connectivity index (χ4v) is 1.04. The van der Waals surface area contributed by atoms with Gasteiger partial charge in [-0.3, -0.25) is 5.32 Å². The highest BCUT2D eigenvalue weighted by molar-refractivity contribution is 5.58. The number of nitrogens with zero attached hydrogens (tertiary/aromatic N) is 2. The molecule has 0 bridgehead atoms. The second-order valence-corrected chi connectivity index (χ2v) is 3.30. The maximum Gasteiger partial charge on any atom is 0.129 e. The fourth-order valence-electron chi connectivity index (χ4n) is 1.04. The van der Waals surface area contributed by atoms with Crippen molar-refractivity contribution < 1.29 is 0 Å². The predicted octanol–water partition coefficient (Wildman–Crippen LogP) is 1.19. The molecular formula is C9H17N3. The van der Waals surface area contributed by atoms with E-state index in [0.29, 0.717) is 0 Å². The molecule has 1 aliphatic heterocycles. The van der Waals surface area contributed by atoms with E-state index in [-0.39, 0.29) is 5.66 Å². The van der Waals surface area contributed by atoms with Crippen LogP contribution in [0.4, 0.5) is 0 Å². The van der Waals surface area contributed by atoms with Gasteiger partial charge in [-0.1, -0.05) is 6.92 Å². The van der Waals surface area contributed by atoms with Crippen molar-refractivity contribution in [2.45, 2.75) is 25.9 Å². The van der Waals surface area contributed by atoms with Crippen LogP contribution in [-0.2, 0) is 0 Å². The molecule has 0 aliphatic carbocycles. The molecule has 1 unspecified atom stereocenters. The van der Waals surface area contributed by atoms with Gasteiger partial charge >= 0.3 is 0 Å². The Labute approximate surface area is 74.2 Å². The number of aliphatic imine (C=N–C) groups is 1. The summed E-state index contributed by atoms with van der Waals surface area (Å²) in [6.07, 6.45) is 7.07. The lowest BCUT2D eigenvalue weighted by atomic mass is 10.2.